The molecule has 0 radical (unpaired) electrons. The van der Waals surface area contributed by atoms with E-state index in [1.165, 1.54) is 11.1 Å². The summed E-state index contributed by atoms with van der Waals surface area (Å²) in [6.07, 6.45) is 2.10. The van der Waals surface area contributed by atoms with Gasteiger partial charge in [0.15, 0.2) is 0 Å². The Balaban J connectivity index is 2.83. The van der Waals surface area contributed by atoms with Crippen molar-refractivity contribution < 1.29 is 0 Å². The highest BCUT2D eigenvalue weighted by Crippen LogP contribution is 2.15. The molecule has 0 atom stereocenters. The molecule has 1 aromatic rings. The fourth-order valence-corrected chi connectivity index (χ4v) is 1.84. The van der Waals surface area contributed by atoms with Crippen LogP contribution in [-0.4, -0.2) is 6.26 Å². The van der Waals surface area contributed by atoms with Gasteiger partial charge in [-0.2, -0.15) is 11.8 Å². The molecule has 0 N–H and O–H groups in total. The van der Waals surface area contributed by atoms with Crippen molar-refractivity contribution in [3.63, 3.8) is 0 Å². The van der Waals surface area contributed by atoms with Crippen LogP contribution >= 0.6 is 23.4 Å². The number of alkyl halides is 1. The minimum Gasteiger partial charge on any atom is -0.161 e. The van der Waals surface area contributed by atoms with Gasteiger partial charge in [-0.15, -0.1) is 11.6 Å². The number of rotatable bonds is 3. The molecule has 0 amide bonds. The molecule has 0 fully saturated rings. The molecular formula is C9H11ClS. The molecule has 0 aliphatic heterocycles. The van der Waals surface area contributed by atoms with E-state index in [-0.39, 0.29) is 0 Å². The largest absolute Gasteiger partial charge is 0.161 e. The lowest BCUT2D eigenvalue weighted by Crippen LogP contribution is -1.87. The van der Waals surface area contributed by atoms with E-state index in [1.54, 1.807) is 0 Å². The second kappa shape index (κ2) is 4.68. The Bertz CT molecular complexity index is 223. The molecule has 60 valence electrons. The summed E-state index contributed by atoms with van der Waals surface area (Å²) in [6, 6.07) is 8.30. The van der Waals surface area contributed by atoms with Gasteiger partial charge >= 0.3 is 0 Å². The highest BCUT2D eigenvalue weighted by molar-refractivity contribution is 7.97. The molecule has 0 aliphatic rings. The van der Waals surface area contributed by atoms with Gasteiger partial charge in [0.25, 0.3) is 0 Å². The molecule has 0 aromatic heterocycles. The van der Waals surface area contributed by atoms with Crippen LogP contribution in [0.1, 0.15) is 11.1 Å². The topological polar surface area (TPSA) is 0 Å². The van der Waals surface area contributed by atoms with Crippen molar-refractivity contribution >= 4 is 23.4 Å². The van der Waals surface area contributed by atoms with Crippen molar-refractivity contribution in [3.05, 3.63) is 35.4 Å². The van der Waals surface area contributed by atoms with E-state index in [2.05, 4.69) is 24.5 Å². The Kier molecular flexibility index (Phi) is 3.81. The number of halogens is 1. The van der Waals surface area contributed by atoms with E-state index in [0.29, 0.717) is 5.88 Å². The van der Waals surface area contributed by atoms with Crippen LogP contribution in [0.15, 0.2) is 24.3 Å². The first-order chi connectivity index (χ1) is 5.38. The molecule has 0 heterocycles. The number of thioether (sulfide) groups is 1. The quantitative estimate of drug-likeness (QED) is 0.653. The Morgan fingerprint density at radius 2 is 1.91 bits per heavy atom. The molecule has 0 aliphatic carbocycles. The average molecular weight is 187 g/mol. The van der Waals surface area contributed by atoms with Crippen LogP contribution < -0.4 is 0 Å². The molecule has 0 nitrogen and oxygen atoms in total. The molecule has 0 spiro atoms. The summed E-state index contributed by atoms with van der Waals surface area (Å²) >= 11 is 7.58. The van der Waals surface area contributed by atoms with Crippen LogP contribution in [0.4, 0.5) is 0 Å². The Labute approximate surface area is 77.0 Å². The predicted octanol–water partition coefficient (Wildman–Crippen LogP) is 3.29. The monoisotopic (exact) mass is 186 g/mol. The number of hydrogen-bond acceptors (Lipinski definition) is 1. The van der Waals surface area contributed by atoms with Crippen LogP contribution in [0.25, 0.3) is 0 Å². The second-order valence-corrected chi connectivity index (χ2v) is 3.47. The zero-order valence-electron chi connectivity index (χ0n) is 6.51. The van der Waals surface area contributed by atoms with Gasteiger partial charge in [-0.3, -0.25) is 0 Å². The van der Waals surface area contributed by atoms with Gasteiger partial charge in [0.05, 0.1) is 0 Å². The maximum absolute atomic E-state index is 5.76. The third-order valence-electron chi connectivity index (χ3n) is 1.56. The zero-order chi connectivity index (χ0) is 8.10. The molecular weight excluding hydrogens is 176 g/mol. The standard InChI is InChI=1S/C9H11ClS/c1-11-7-9-5-3-2-4-8(9)6-10/h2-5H,6-7H2,1H3. The zero-order valence-corrected chi connectivity index (χ0v) is 8.08. The Morgan fingerprint density at radius 3 is 2.45 bits per heavy atom. The van der Waals surface area contributed by atoms with Crippen LogP contribution in [0.3, 0.4) is 0 Å². The minimum absolute atomic E-state index is 0.622. The summed E-state index contributed by atoms with van der Waals surface area (Å²) in [5, 5.41) is 0. The molecule has 0 bridgehead atoms. The average Bonchev–Trinajstić information content (AvgIpc) is 2.06. The van der Waals surface area contributed by atoms with Crippen LogP contribution in [0.2, 0.25) is 0 Å². The fourth-order valence-electron chi connectivity index (χ4n) is 0.984. The minimum atomic E-state index is 0.622. The maximum Gasteiger partial charge on any atom is 0.0477 e. The van der Waals surface area contributed by atoms with Gasteiger partial charge in [-0.1, -0.05) is 24.3 Å². The van der Waals surface area contributed by atoms with Crippen molar-refractivity contribution in [3.8, 4) is 0 Å². The van der Waals surface area contributed by atoms with Gasteiger partial charge in [0.2, 0.25) is 0 Å². The number of benzene rings is 1. The molecule has 2 heteroatoms. The summed E-state index contributed by atoms with van der Waals surface area (Å²) < 4.78 is 0. The van der Waals surface area contributed by atoms with E-state index in [4.69, 9.17) is 11.6 Å². The Hall–Kier alpha value is -0.140. The van der Waals surface area contributed by atoms with Crippen molar-refractivity contribution in [1.29, 1.82) is 0 Å². The lowest BCUT2D eigenvalue weighted by Gasteiger charge is -2.03. The summed E-state index contributed by atoms with van der Waals surface area (Å²) in [6.45, 7) is 0. The van der Waals surface area contributed by atoms with E-state index >= 15 is 0 Å². The summed E-state index contributed by atoms with van der Waals surface area (Å²) in [4.78, 5) is 0. The van der Waals surface area contributed by atoms with E-state index < -0.39 is 0 Å². The number of hydrogen-bond donors (Lipinski definition) is 0. The summed E-state index contributed by atoms with van der Waals surface area (Å²) in [5.74, 6) is 1.68. The highest BCUT2D eigenvalue weighted by Gasteiger charge is 1.97. The summed E-state index contributed by atoms with van der Waals surface area (Å²) in [7, 11) is 0. The molecule has 0 saturated heterocycles. The third-order valence-corrected chi connectivity index (χ3v) is 2.45. The fraction of sp³-hybridized carbons (Fsp3) is 0.333. The summed E-state index contributed by atoms with van der Waals surface area (Å²) in [5.41, 5.74) is 2.61. The lowest BCUT2D eigenvalue weighted by atomic mass is 10.1. The second-order valence-electron chi connectivity index (χ2n) is 2.34. The smallest absolute Gasteiger partial charge is 0.0477 e. The van der Waals surface area contributed by atoms with Gasteiger partial charge in [0.1, 0.15) is 0 Å². The van der Waals surface area contributed by atoms with Crippen LogP contribution in [0.5, 0.6) is 0 Å². The molecule has 1 rings (SSSR count). The lowest BCUT2D eigenvalue weighted by molar-refractivity contribution is 1.28. The van der Waals surface area contributed by atoms with Crippen molar-refractivity contribution in [1.82, 2.24) is 0 Å². The molecule has 11 heavy (non-hydrogen) atoms. The normalized spacial score (nSPS) is 10.0. The van der Waals surface area contributed by atoms with E-state index in [9.17, 15) is 0 Å². The Morgan fingerprint density at radius 1 is 1.27 bits per heavy atom. The third kappa shape index (κ3) is 2.42. The van der Waals surface area contributed by atoms with E-state index in [0.717, 1.165) is 5.75 Å². The van der Waals surface area contributed by atoms with Crippen molar-refractivity contribution in [2.75, 3.05) is 6.26 Å². The van der Waals surface area contributed by atoms with Gasteiger partial charge in [0, 0.05) is 11.6 Å². The van der Waals surface area contributed by atoms with E-state index in [1.807, 2.05) is 17.8 Å². The first-order valence-electron chi connectivity index (χ1n) is 3.50. The van der Waals surface area contributed by atoms with Gasteiger partial charge in [-0.05, 0) is 17.4 Å². The van der Waals surface area contributed by atoms with Gasteiger partial charge < -0.3 is 0 Å². The van der Waals surface area contributed by atoms with Crippen molar-refractivity contribution in [2.45, 2.75) is 11.6 Å². The highest BCUT2D eigenvalue weighted by atomic mass is 35.5. The SMILES string of the molecule is CSCc1ccccc1CCl. The molecule has 0 unspecified atom stereocenters. The predicted molar refractivity (Wildman–Crippen MR) is 53.2 cm³/mol. The van der Waals surface area contributed by atoms with Crippen LogP contribution in [-0.2, 0) is 11.6 Å². The van der Waals surface area contributed by atoms with Crippen molar-refractivity contribution in [2.24, 2.45) is 0 Å². The maximum atomic E-state index is 5.76. The van der Waals surface area contributed by atoms with Gasteiger partial charge in [-0.25, -0.2) is 0 Å². The first kappa shape index (κ1) is 8.95. The molecule has 0 saturated carbocycles. The van der Waals surface area contributed by atoms with Crippen LogP contribution in [0, 0.1) is 0 Å². The molecule has 1 aromatic carbocycles. The first-order valence-corrected chi connectivity index (χ1v) is 5.43.